The minimum atomic E-state index is -1.23. The molecule has 3 rings (SSSR count). The summed E-state index contributed by atoms with van der Waals surface area (Å²) in [5.41, 5.74) is -0.393. The quantitative estimate of drug-likeness (QED) is 0.730. The van der Waals surface area contributed by atoms with Gasteiger partial charge in [0.2, 0.25) is 6.41 Å². The highest BCUT2D eigenvalue weighted by Gasteiger charge is 2.51. The predicted octanol–water partition coefficient (Wildman–Crippen LogP) is 2.61. The van der Waals surface area contributed by atoms with Crippen molar-refractivity contribution in [1.29, 1.82) is 0 Å². The summed E-state index contributed by atoms with van der Waals surface area (Å²) in [5.74, 6) is -0.178. The van der Waals surface area contributed by atoms with Crippen molar-refractivity contribution < 1.29 is 18.3 Å². The van der Waals surface area contributed by atoms with Crippen LogP contribution in [0.3, 0.4) is 0 Å². The number of halogens is 2. The van der Waals surface area contributed by atoms with Crippen molar-refractivity contribution in [3.8, 4) is 0 Å². The Balaban J connectivity index is 1.70. The summed E-state index contributed by atoms with van der Waals surface area (Å²) in [7, 11) is 0. The smallest absolute Gasteiger partial charge is 0.209 e. The van der Waals surface area contributed by atoms with E-state index in [2.05, 4.69) is 0 Å². The Hall–Kier alpha value is -0.970. The Labute approximate surface area is 118 Å². The van der Waals surface area contributed by atoms with Crippen LogP contribution in [0.5, 0.6) is 0 Å². The lowest BCUT2D eigenvalue weighted by Crippen LogP contribution is -2.43. The van der Waals surface area contributed by atoms with Crippen molar-refractivity contribution in [2.45, 2.75) is 50.5 Å². The molecular weight excluding hydrogens is 264 g/mol. The van der Waals surface area contributed by atoms with Crippen LogP contribution in [0.25, 0.3) is 0 Å². The van der Waals surface area contributed by atoms with E-state index in [1.165, 1.54) is 0 Å². The van der Waals surface area contributed by atoms with Crippen LogP contribution in [0.15, 0.2) is 11.9 Å². The van der Waals surface area contributed by atoms with Crippen LogP contribution in [0.1, 0.15) is 32.6 Å². The van der Waals surface area contributed by atoms with Crippen LogP contribution in [0, 0.1) is 11.8 Å². The lowest BCUT2D eigenvalue weighted by molar-refractivity contribution is -0.125. The molecule has 2 fully saturated rings. The van der Waals surface area contributed by atoms with Gasteiger partial charge in [-0.15, -0.1) is 0 Å². The molecule has 2 aliphatic heterocycles. The van der Waals surface area contributed by atoms with Gasteiger partial charge in [0.05, 0.1) is 17.5 Å². The fourth-order valence-corrected chi connectivity index (χ4v) is 4.01. The number of alkyl halides is 1. The Morgan fingerprint density at radius 3 is 2.80 bits per heavy atom. The van der Waals surface area contributed by atoms with Crippen molar-refractivity contribution in [1.82, 2.24) is 4.90 Å². The second-order valence-corrected chi connectivity index (χ2v) is 6.51. The molecule has 4 atom stereocenters. The van der Waals surface area contributed by atoms with Gasteiger partial charge in [0.1, 0.15) is 6.17 Å². The van der Waals surface area contributed by atoms with E-state index < -0.39 is 17.9 Å². The molecule has 20 heavy (non-hydrogen) atoms. The number of fused-ring (bicyclic) bond motifs is 1. The van der Waals surface area contributed by atoms with Crippen molar-refractivity contribution in [2.75, 3.05) is 13.1 Å². The molecule has 2 saturated heterocycles. The van der Waals surface area contributed by atoms with E-state index in [0.29, 0.717) is 12.3 Å². The van der Waals surface area contributed by atoms with Gasteiger partial charge in [0.25, 0.3) is 0 Å². The standard InChI is InChI=1S/C15H21F2NO2/c1-15(11-2-4-18(9-19)5-3-11)8-10-6-12(16)7-13(17)14(10)20-15/h6,9-11,13-14H,2-5,7-8H2,1H3. The summed E-state index contributed by atoms with van der Waals surface area (Å²) < 4.78 is 33.4. The Morgan fingerprint density at radius 1 is 1.45 bits per heavy atom. The number of piperidine rings is 1. The molecule has 3 aliphatic rings. The van der Waals surface area contributed by atoms with E-state index >= 15 is 0 Å². The summed E-state index contributed by atoms with van der Waals surface area (Å²) in [5, 5.41) is 0. The zero-order valence-corrected chi connectivity index (χ0v) is 11.7. The first-order valence-corrected chi connectivity index (χ1v) is 7.39. The highest BCUT2D eigenvalue weighted by atomic mass is 19.1. The van der Waals surface area contributed by atoms with Crippen molar-refractivity contribution in [3.63, 3.8) is 0 Å². The molecule has 0 radical (unpaired) electrons. The molecule has 1 amide bonds. The van der Waals surface area contributed by atoms with Crippen LogP contribution < -0.4 is 0 Å². The van der Waals surface area contributed by atoms with E-state index in [-0.39, 0.29) is 18.2 Å². The molecule has 0 aromatic rings. The Kier molecular flexibility index (Phi) is 3.56. The van der Waals surface area contributed by atoms with Gasteiger partial charge in [-0.05, 0) is 38.2 Å². The molecule has 112 valence electrons. The maximum absolute atomic E-state index is 14.0. The van der Waals surface area contributed by atoms with Gasteiger partial charge in [0.15, 0.2) is 0 Å². The van der Waals surface area contributed by atoms with Gasteiger partial charge in [0, 0.05) is 25.4 Å². The first-order chi connectivity index (χ1) is 9.51. The molecule has 5 heteroatoms. The lowest BCUT2D eigenvalue weighted by Gasteiger charge is -2.39. The zero-order chi connectivity index (χ0) is 14.3. The monoisotopic (exact) mass is 285 g/mol. The van der Waals surface area contributed by atoms with E-state index in [4.69, 9.17) is 4.74 Å². The summed E-state index contributed by atoms with van der Waals surface area (Å²) in [6.07, 6.45) is 2.97. The first-order valence-electron chi connectivity index (χ1n) is 7.39. The van der Waals surface area contributed by atoms with Crippen molar-refractivity contribution >= 4 is 6.41 Å². The average molecular weight is 285 g/mol. The first kappa shape index (κ1) is 14.0. The Bertz CT molecular complexity index is 420. The van der Waals surface area contributed by atoms with Gasteiger partial charge in [-0.25, -0.2) is 8.78 Å². The van der Waals surface area contributed by atoms with Crippen LogP contribution >= 0.6 is 0 Å². The topological polar surface area (TPSA) is 29.5 Å². The van der Waals surface area contributed by atoms with Crippen LogP contribution in [-0.4, -0.2) is 42.3 Å². The lowest BCUT2D eigenvalue weighted by atomic mass is 9.77. The van der Waals surface area contributed by atoms with Gasteiger partial charge < -0.3 is 9.64 Å². The van der Waals surface area contributed by atoms with E-state index in [1.807, 2.05) is 6.92 Å². The number of rotatable bonds is 2. The zero-order valence-electron chi connectivity index (χ0n) is 11.7. The number of carbonyl (C=O) groups is 1. The summed E-state index contributed by atoms with van der Waals surface area (Å²) in [6.45, 7) is 3.47. The third-order valence-electron chi connectivity index (χ3n) is 5.15. The van der Waals surface area contributed by atoms with E-state index in [0.717, 1.165) is 32.3 Å². The fraction of sp³-hybridized carbons (Fsp3) is 0.800. The van der Waals surface area contributed by atoms with Gasteiger partial charge in [-0.1, -0.05) is 0 Å². The van der Waals surface area contributed by atoms with Gasteiger partial charge in [-0.3, -0.25) is 4.79 Å². The summed E-state index contributed by atoms with van der Waals surface area (Å²) >= 11 is 0. The van der Waals surface area contributed by atoms with Gasteiger partial charge >= 0.3 is 0 Å². The predicted molar refractivity (Wildman–Crippen MR) is 70.5 cm³/mol. The van der Waals surface area contributed by atoms with Crippen molar-refractivity contribution in [3.05, 3.63) is 11.9 Å². The number of hydrogen-bond acceptors (Lipinski definition) is 2. The molecule has 0 bridgehead atoms. The van der Waals surface area contributed by atoms with Crippen LogP contribution in [0.4, 0.5) is 8.78 Å². The SMILES string of the molecule is CC1(C2CCN(C=O)CC2)CC2C=C(F)CC(F)C2O1. The number of nitrogens with zero attached hydrogens (tertiary/aromatic N) is 1. The molecule has 0 N–H and O–H groups in total. The number of hydrogen-bond donors (Lipinski definition) is 0. The van der Waals surface area contributed by atoms with Crippen LogP contribution in [0.2, 0.25) is 0 Å². The highest BCUT2D eigenvalue weighted by molar-refractivity contribution is 5.47. The minimum Gasteiger partial charge on any atom is -0.368 e. The number of ether oxygens (including phenoxy) is 1. The number of allylic oxidation sites excluding steroid dienone is 1. The molecular formula is C15H21F2NO2. The Morgan fingerprint density at radius 2 is 2.15 bits per heavy atom. The molecule has 0 aromatic carbocycles. The number of likely N-dealkylation sites (tertiary alicyclic amines) is 1. The van der Waals surface area contributed by atoms with Crippen molar-refractivity contribution in [2.24, 2.45) is 11.8 Å². The highest BCUT2D eigenvalue weighted by Crippen LogP contribution is 2.48. The molecule has 0 spiro atoms. The maximum Gasteiger partial charge on any atom is 0.209 e. The summed E-state index contributed by atoms with van der Waals surface area (Å²) in [6, 6.07) is 0. The largest absolute Gasteiger partial charge is 0.368 e. The average Bonchev–Trinajstić information content (AvgIpc) is 2.77. The third kappa shape index (κ3) is 2.36. The van der Waals surface area contributed by atoms with E-state index in [1.54, 1.807) is 11.0 Å². The van der Waals surface area contributed by atoms with Gasteiger partial charge in [-0.2, -0.15) is 0 Å². The molecule has 0 aromatic heterocycles. The minimum absolute atomic E-state index is 0.146. The normalized spacial score (nSPS) is 42.2. The second-order valence-electron chi connectivity index (χ2n) is 6.51. The molecule has 1 aliphatic carbocycles. The molecule has 3 nitrogen and oxygen atoms in total. The third-order valence-corrected chi connectivity index (χ3v) is 5.15. The molecule has 2 heterocycles. The molecule has 0 saturated carbocycles. The fourth-order valence-electron chi connectivity index (χ4n) is 4.01. The maximum atomic E-state index is 14.0. The summed E-state index contributed by atoms with van der Waals surface area (Å²) in [4.78, 5) is 12.5. The van der Waals surface area contributed by atoms with E-state index in [9.17, 15) is 13.6 Å². The number of carbonyl (C=O) groups excluding carboxylic acids is 1. The second kappa shape index (κ2) is 5.10. The molecule has 4 unspecified atom stereocenters. The van der Waals surface area contributed by atoms with Crippen LogP contribution in [-0.2, 0) is 9.53 Å². The number of amides is 1.